The summed E-state index contributed by atoms with van der Waals surface area (Å²) in [5.74, 6) is 0.0821. The predicted octanol–water partition coefficient (Wildman–Crippen LogP) is 3.45. The van der Waals surface area contributed by atoms with Crippen molar-refractivity contribution in [1.29, 1.82) is 0 Å². The van der Waals surface area contributed by atoms with Gasteiger partial charge in [0.05, 0.1) is 21.3 Å². The topological polar surface area (TPSA) is 71.1 Å². The number of benzene rings is 2. The van der Waals surface area contributed by atoms with Crippen LogP contribution in [-0.4, -0.2) is 39.2 Å². The molecule has 0 N–H and O–H groups in total. The van der Waals surface area contributed by atoms with E-state index in [0.717, 1.165) is 5.56 Å². The fourth-order valence-electron chi connectivity index (χ4n) is 2.42. The summed E-state index contributed by atoms with van der Waals surface area (Å²) in [7, 11) is 4.37. The van der Waals surface area contributed by atoms with Crippen LogP contribution in [-0.2, 0) is 4.74 Å². The number of ether oxygens (including phenoxy) is 4. The summed E-state index contributed by atoms with van der Waals surface area (Å²) in [6.45, 7) is 3.47. The van der Waals surface area contributed by atoms with Gasteiger partial charge in [-0.25, -0.2) is 4.79 Å². The first-order valence-corrected chi connectivity index (χ1v) is 8.03. The molecule has 26 heavy (non-hydrogen) atoms. The average Bonchev–Trinajstić information content (AvgIpc) is 2.66. The van der Waals surface area contributed by atoms with Crippen molar-refractivity contribution in [3.8, 4) is 17.2 Å². The van der Waals surface area contributed by atoms with Crippen LogP contribution < -0.4 is 14.2 Å². The standard InChI is InChI=1S/C20H22O6/c1-12-6-8-14(9-7-12)19(21)13(2)26-20(22)15-10-17(24-4)18(25-5)11-16(15)23-3/h6-11,13H,1-5H3/t13-/m1/s1. The number of methoxy groups -OCH3 is 3. The molecule has 2 aromatic rings. The minimum atomic E-state index is -0.942. The third kappa shape index (κ3) is 4.14. The Labute approximate surface area is 152 Å². The molecule has 0 aliphatic rings. The maximum absolute atomic E-state index is 12.5. The van der Waals surface area contributed by atoms with Gasteiger partial charge in [0.15, 0.2) is 17.6 Å². The summed E-state index contributed by atoms with van der Waals surface area (Å²) in [6, 6.07) is 10.1. The Balaban J connectivity index is 2.23. The van der Waals surface area contributed by atoms with E-state index in [-0.39, 0.29) is 17.1 Å². The van der Waals surface area contributed by atoms with E-state index in [1.54, 1.807) is 12.1 Å². The highest BCUT2D eigenvalue weighted by Crippen LogP contribution is 2.35. The maximum atomic E-state index is 12.5. The number of aryl methyl sites for hydroxylation is 1. The molecule has 0 aromatic heterocycles. The normalized spacial score (nSPS) is 11.4. The Morgan fingerprint density at radius 3 is 1.92 bits per heavy atom. The van der Waals surface area contributed by atoms with E-state index in [0.29, 0.717) is 17.1 Å². The van der Waals surface area contributed by atoms with E-state index in [9.17, 15) is 9.59 Å². The number of esters is 1. The Morgan fingerprint density at radius 1 is 0.846 bits per heavy atom. The number of ketones is 1. The molecule has 0 heterocycles. The number of Topliss-reactive ketones (excluding diaryl/α,β-unsaturated/α-hetero) is 1. The van der Waals surface area contributed by atoms with Crippen molar-refractivity contribution >= 4 is 11.8 Å². The van der Waals surface area contributed by atoms with Gasteiger partial charge < -0.3 is 18.9 Å². The number of hydrogen-bond acceptors (Lipinski definition) is 6. The lowest BCUT2D eigenvalue weighted by Crippen LogP contribution is -2.24. The molecule has 2 aromatic carbocycles. The average molecular weight is 358 g/mol. The molecule has 0 fully saturated rings. The number of carbonyl (C=O) groups excluding carboxylic acids is 2. The predicted molar refractivity (Wildman–Crippen MR) is 96.5 cm³/mol. The summed E-state index contributed by atoms with van der Waals surface area (Å²) in [5.41, 5.74) is 1.67. The van der Waals surface area contributed by atoms with E-state index in [1.807, 2.05) is 19.1 Å². The second kappa shape index (κ2) is 8.38. The van der Waals surface area contributed by atoms with Gasteiger partial charge >= 0.3 is 5.97 Å². The first-order valence-electron chi connectivity index (χ1n) is 8.03. The van der Waals surface area contributed by atoms with Gasteiger partial charge in [-0.05, 0) is 13.8 Å². The molecule has 0 amide bonds. The second-order valence-electron chi connectivity index (χ2n) is 5.69. The van der Waals surface area contributed by atoms with Gasteiger partial charge in [-0.3, -0.25) is 4.79 Å². The first kappa shape index (κ1) is 19.3. The van der Waals surface area contributed by atoms with Crippen LogP contribution in [0, 0.1) is 6.92 Å². The van der Waals surface area contributed by atoms with Crippen molar-refractivity contribution in [2.45, 2.75) is 20.0 Å². The zero-order valence-electron chi connectivity index (χ0n) is 15.5. The quantitative estimate of drug-likeness (QED) is 0.558. The lowest BCUT2D eigenvalue weighted by Gasteiger charge is -2.16. The monoisotopic (exact) mass is 358 g/mol. The minimum absolute atomic E-state index is 0.147. The molecule has 6 heteroatoms. The van der Waals surface area contributed by atoms with Crippen LogP contribution in [0.4, 0.5) is 0 Å². The van der Waals surface area contributed by atoms with Crippen molar-refractivity contribution < 1.29 is 28.5 Å². The third-order valence-corrected chi connectivity index (χ3v) is 3.91. The Hall–Kier alpha value is -3.02. The molecule has 0 saturated carbocycles. The van der Waals surface area contributed by atoms with Crippen molar-refractivity contribution in [1.82, 2.24) is 0 Å². The minimum Gasteiger partial charge on any atom is -0.496 e. The molecule has 0 bridgehead atoms. The Morgan fingerprint density at radius 2 is 1.38 bits per heavy atom. The molecule has 0 aliphatic carbocycles. The molecule has 1 atom stereocenters. The smallest absolute Gasteiger partial charge is 0.342 e. The van der Waals surface area contributed by atoms with Gasteiger partial charge in [-0.2, -0.15) is 0 Å². The van der Waals surface area contributed by atoms with Gasteiger partial charge in [-0.1, -0.05) is 29.8 Å². The fraction of sp³-hybridized carbons (Fsp3) is 0.300. The van der Waals surface area contributed by atoms with Crippen LogP contribution in [0.2, 0.25) is 0 Å². The molecule has 0 unspecified atom stereocenters. The lowest BCUT2D eigenvalue weighted by molar-refractivity contribution is 0.0315. The summed E-state index contributed by atoms with van der Waals surface area (Å²) in [5, 5.41) is 0. The number of hydrogen-bond donors (Lipinski definition) is 0. The molecule has 138 valence electrons. The van der Waals surface area contributed by atoms with Crippen molar-refractivity contribution in [3.05, 3.63) is 53.1 Å². The summed E-state index contributed by atoms with van der Waals surface area (Å²) < 4.78 is 21.0. The highest BCUT2D eigenvalue weighted by molar-refractivity contribution is 6.02. The van der Waals surface area contributed by atoms with Gasteiger partial charge in [0.25, 0.3) is 0 Å². The SMILES string of the molecule is COc1cc(OC)c(C(=O)O[C@H](C)C(=O)c2ccc(C)cc2)cc1OC. The largest absolute Gasteiger partial charge is 0.496 e. The van der Waals surface area contributed by atoms with Crippen molar-refractivity contribution in [2.75, 3.05) is 21.3 Å². The molecule has 2 rings (SSSR count). The van der Waals surface area contributed by atoms with Crippen LogP contribution in [0.15, 0.2) is 36.4 Å². The summed E-state index contributed by atoms with van der Waals surface area (Å²) in [4.78, 5) is 25.0. The number of rotatable bonds is 7. The zero-order chi connectivity index (χ0) is 19.3. The van der Waals surface area contributed by atoms with E-state index >= 15 is 0 Å². The molecular formula is C20H22O6. The molecule has 0 radical (unpaired) electrons. The van der Waals surface area contributed by atoms with Gasteiger partial charge in [0.2, 0.25) is 5.78 Å². The van der Waals surface area contributed by atoms with Crippen LogP contribution >= 0.6 is 0 Å². The first-order chi connectivity index (χ1) is 12.4. The van der Waals surface area contributed by atoms with Crippen LogP contribution in [0.25, 0.3) is 0 Å². The van der Waals surface area contributed by atoms with Crippen LogP contribution in [0.1, 0.15) is 33.2 Å². The van der Waals surface area contributed by atoms with Crippen LogP contribution in [0.5, 0.6) is 17.2 Å². The zero-order valence-corrected chi connectivity index (χ0v) is 15.5. The molecule has 6 nitrogen and oxygen atoms in total. The molecule has 0 spiro atoms. The summed E-state index contributed by atoms with van der Waals surface area (Å²) in [6.07, 6.45) is -0.942. The van der Waals surface area contributed by atoms with Crippen molar-refractivity contribution in [2.24, 2.45) is 0 Å². The Kier molecular flexibility index (Phi) is 6.22. The highest BCUT2D eigenvalue weighted by atomic mass is 16.5. The van der Waals surface area contributed by atoms with Gasteiger partial charge in [0.1, 0.15) is 11.3 Å². The molecule has 0 aliphatic heterocycles. The second-order valence-corrected chi connectivity index (χ2v) is 5.69. The van der Waals surface area contributed by atoms with E-state index in [2.05, 4.69) is 0 Å². The Bertz CT molecular complexity index is 795. The van der Waals surface area contributed by atoms with E-state index < -0.39 is 12.1 Å². The summed E-state index contributed by atoms with van der Waals surface area (Å²) >= 11 is 0. The fourth-order valence-corrected chi connectivity index (χ4v) is 2.42. The lowest BCUT2D eigenvalue weighted by atomic mass is 10.1. The highest BCUT2D eigenvalue weighted by Gasteiger charge is 2.24. The molecular weight excluding hydrogens is 336 g/mol. The van der Waals surface area contributed by atoms with Crippen LogP contribution in [0.3, 0.4) is 0 Å². The van der Waals surface area contributed by atoms with Crippen molar-refractivity contribution in [3.63, 3.8) is 0 Å². The maximum Gasteiger partial charge on any atom is 0.342 e. The van der Waals surface area contributed by atoms with E-state index in [4.69, 9.17) is 18.9 Å². The molecule has 0 saturated heterocycles. The van der Waals surface area contributed by atoms with E-state index in [1.165, 1.54) is 40.4 Å². The van der Waals surface area contributed by atoms with Gasteiger partial charge in [0, 0.05) is 17.7 Å². The van der Waals surface area contributed by atoms with Gasteiger partial charge in [-0.15, -0.1) is 0 Å². The third-order valence-electron chi connectivity index (χ3n) is 3.91. The number of carbonyl (C=O) groups is 2.